The van der Waals surface area contributed by atoms with Crippen molar-refractivity contribution in [2.24, 2.45) is 0 Å². The van der Waals surface area contributed by atoms with Crippen molar-refractivity contribution in [3.05, 3.63) is 151 Å². The van der Waals surface area contributed by atoms with Gasteiger partial charge in [0.05, 0.1) is 28.4 Å². The molecule has 0 atom stereocenters. The Balaban J connectivity index is 1.47. The molecular formula is C39H24N6. The zero-order chi connectivity index (χ0) is 30.2. The fourth-order valence-electron chi connectivity index (χ4n) is 5.85. The first-order valence-corrected chi connectivity index (χ1v) is 14.6. The number of pyridine rings is 1. The molecule has 0 aliphatic heterocycles. The topological polar surface area (TPSA) is 80.3 Å². The van der Waals surface area contributed by atoms with E-state index in [1.807, 2.05) is 103 Å². The number of hydrogen-bond acceptors (Lipinski definition) is 5. The standard InChI is InChI=1S/C39H24N6/c40-24-26-17-19-32-31-15-7-8-16-34(31)45(35(32)22-26)36-23-29(30-14-9-21-41-25-30)18-20-33(36)39-43-37(27-10-3-1-4-11-27)42-38(44-39)28-12-5-2-6-13-28/h1-23,25H. The summed E-state index contributed by atoms with van der Waals surface area (Å²) in [5, 5.41) is 12.0. The quantitative estimate of drug-likeness (QED) is 0.204. The molecular weight excluding hydrogens is 552 g/mol. The van der Waals surface area contributed by atoms with Crippen LogP contribution < -0.4 is 0 Å². The zero-order valence-corrected chi connectivity index (χ0v) is 24.0. The van der Waals surface area contributed by atoms with Gasteiger partial charge in [0.2, 0.25) is 0 Å². The number of para-hydroxylation sites is 1. The summed E-state index contributed by atoms with van der Waals surface area (Å²) in [5.74, 6) is 1.74. The van der Waals surface area contributed by atoms with Gasteiger partial charge >= 0.3 is 0 Å². The minimum Gasteiger partial charge on any atom is -0.308 e. The minimum atomic E-state index is 0.554. The smallest absolute Gasteiger partial charge is 0.166 e. The van der Waals surface area contributed by atoms with E-state index >= 15 is 0 Å². The highest BCUT2D eigenvalue weighted by Gasteiger charge is 2.20. The van der Waals surface area contributed by atoms with Gasteiger partial charge in [-0.15, -0.1) is 0 Å². The molecule has 45 heavy (non-hydrogen) atoms. The van der Waals surface area contributed by atoms with Gasteiger partial charge < -0.3 is 4.57 Å². The monoisotopic (exact) mass is 576 g/mol. The van der Waals surface area contributed by atoms with Crippen molar-refractivity contribution in [3.8, 4) is 57.0 Å². The minimum absolute atomic E-state index is 0.554. The van der Waals surface area contributed by atoms with Crippen molar-refractivity contribution in [2.75, 3.05) is 0 Å². The van der Waals surface area contributed by atoms with E-state index in [4.69, 9.17) is 15.0 Å². The first-order valence-electron chi connectivity index (χ1n) is 14.6. The highest BCUT2D eigenvalue weighted by molar-refractivity contribution is 6.10. The van der Waals surface area contributed by atoms with E-state index in [-0.39, 0.29) is 0 Å². The lowest BCUT2D eigenvalue weighted by Crippen LogP contribution is -2.04. The zero-order valence-electron chi connectivity index (χ0n) is 24.0. The first-order chi connectivity index (χ1) is 22.3. The molecule has 6 heteroatoms. The molecule has 0 bridgehead atoms. The molecule has 3 aromatic heterocycles. The van der Waals surface area contributed by atoms with Crippen molar-refractivity contribution in [1.29, 1.82) is 5.26 Å². The molecule has 0 saturated heterocycles. The SMILES string of the molecule is N#Cc1ccc2c3ccccc3n(-c3cc(-c4cccnc4)ccc3-c3nc(-c4ccccc4)nc(-c4ccccc4)n3)c2c1. The van der Waals surface area contributed by atoms with Crippen molar-refractivity contribution in [3.63, 3.8) is 0 Å². The molecule has 3 heterocycles. The van der Waals surface area contributed by atoms with E-state index < -0.39 is 0 Å². The van der Waals surface area contributed by atoms with Crippen molar-refractivity contribution in [1.82, 2.24) is 24.5 Å². The van der Waals surface area contributed by atoms with Crippen LogP contribution in [0.3, 0.4) is 0 Å². The Hall–Kier alpha value is -6.45. The molecule has 210 valence electrons. The van der Waals surface area contributed by atoms with Gasteiger partial charge in [0.15, 0.2) is 17.5 Å². The third kappa shape index (κ3) is 4.69. The number of nitriles is 1. The average Bonchev–Trinajstić information content (AvgIpc) is 3.45. The van der Waals surface area contributed by atoms with Gasteiger partial charge in [-0.25, -0.2) is 15.0 Å². The van der Waals surface area contributed by atoms with E-state index in [1.54, 1.807) is 6.20 Å². The number of benzene rings is 5. The Labute approximate surface area is 259 Å². The van der Waals surface area contributed by atoms with Crippen LogP contribution in [0.5, 0.6) is 0 Å². The summed E-state index contributed by atoms with van der Waals surface area (Å²) < 4.78 is 2.22. The molecule has 0 spiro atoms. The van der Waals surface area contributed by atoms with E-state index in [0.717, 1.165) is 55.3 Å². The van der Waals surface area contributed by atoms with Crippen LogP contribution in [-0.2, 0) is 0 Å². The Bertz CT molecular complexity index is 2320. The second kappa shape index (κ2) is 11.0. The Morgan fingerprint density at radius 3 is 1.84 bits per heavy atom. The molecule has 0 amide bonds. The van der Waals surface area contributed by atoms with Gasteiger partial charge in [0.1, 0.15) is 0 Å². The number of rotatable bonds is 5. The molecule has 8 aromatic rings. The predicted molar refractivity (Wildman–Crippen MR) is 178 cm³/mol. The van der Waals surface area contributed by atoms with Gasteiger partial charge in [-0.3, -0.25) is 4.98 Å². The largest absolute Gasteiger partial charge is 0.308 e. The number of hydrogen-bond donors (Lipinski definition) is 0. The Morgan fingerprint density at radius 1 is 0.511 bits per heavy atom. The van der Waals surface area contributed by atoms with Gasteiger partial charge in [-0.2, -0.15) is 5.26 Å². The number of aromatic nitrogens is 5. The molecule has 0 radical (unpaired) electrons. The summed E-state index contributed by atoms with van der Waals surface area (Å²) in [4.78, 5) is 19.4. The highest BCUT2D eigenvalue weighted by atomic mass is 15.1. The van der Waals surface area contributed by atoms with Crippen LogP contribution in [0.25, 0.3) is 72.8 Å². The van der Waals surface area contributed by atoms with Gasteiger partial charge in [0, 0.05) is 45.4 Å². The molecule has 0 aliphatic rings. The number of fused-ring (bicyclic) bond motifs is 3. The van der Waals surface area contributed by atoms with Crippen LogP contribution in [0.4, 0.5) is 0 Å². The van der Waals surface area contributed by atoms with E-state index in [2.05, 4.69) is 52.0 Å². The maximum Gasteiger partial charge on any atom is 0.166 e. The molecule has 0 aliphatic carbocycles. The summed E-state index contributed by atoms with van der Waals surface area (Å²) in [6.45, 7) is 0. The van der Waals surface area contributed by atoms with Crippen LogP contribution in [-0.4, -0.2) is 24.5 Å². The predicted octanol–water partition coefficient (Wildman–Crippen LogP) is 8.90. The average molecular weight is 577 g/mol. The van der Waals surface area contributed by atoms with E-state index in [0.29, 0.717) is 23.0 Å². The van der Waals surface area contributed by atoms with E-state index in [9.17, 15) is 5.26 Å². The first kappa shape index (κ1) is 26.2. The fraction of sp³-hybridized carbons (Fsp3) is 0. The summed E-state index contributed by atoms with van der Waals surface area (Å²) in [6.07, 6.45) is 3.64. The third-order valence-electron chi connectivity index (χ3n) is 7.98. The number of nitrogens with zero attached hydrogens (tertiary/aromatic N) is 6. The maximum atomic E-state index is 9.84. The Morgan fingerprint density at radius 2 is 1.16 bits per heavy atom. The molecule has 0 saturated carbocycles. The summed E-state index contributed by atoms with van der Waals surface area (Å²) in [7, 11) is 0. The maximum absolute atomic E-state index is 9.84. The molecule has 0 N–H and O–H groups in total. The lowest BCUT2D eigenvalue weighted by atomic mass is 10.0. The van der Waals surface area contributed by atoms with Gasteiger partial charge in [0.25, 0.3) is 0 Å². The van der Waals surface area contributed by atoms with Crippen molar-refractivity contribution < 1.29 is 0 Å². The highest BCUT2D eigenvalue weighted by Crippen LogP contribution is 2.38. The van der Waals surface area contributed by atoms with Crippen molar-refractivity contribution >= 4 is 21.8 Å². The Kier molecular flexibility index (Phi) is 6.40. The normalized spacial score (nSPS) is 11.1. The molecule has 0 unspecified atom stereocenters. The van der Waals surface area contributed by atoms with E-state index in [1.165, 1.54) is 0 Å². The van der Waals surface area contributed by atoms with Crippen LogP contribution >= 0.6 is 0 Å². The molecule has 8 rings (SSSR count). The summed E-state index contributed by atoms with van der Waals surface area (Å²) in [6, 6.07) is 46.7. The third-order valence-corrected chi connectivity index (χ3v) is 7.98. The van der Waals surface area contributed by atoms with Crippen LogP contribution in [0.2, 0.25) is 0 Å². The van der Waals surface area contributed by atoms with Crippen LogP contribution in [0, 0.1) is 11.3 Å². The molecule has 0 fully saturated rings. The lowest BCUT2D eigenvalue weighted by molar-refractivity contribution is 1.06. The van der Waals surface area contributed by atoms with Gasteiger partial charge in [-0.05, 0) is 42.0 Å². The molecule has 6 nitrogen and oxygen atoms in total. The fourth-order valence-corrected chi connectivity index (χ4v) is 5.85. The summed E-state index contributed by atoms with van der Waals surface area (Å²) >= 11 is 0. The second-order valence-corrected chi connectivity index (χ2v) is 10.7. The second-order valence-electron chi connectivity index (χ2n) is 10.7. The lowest BCUT2D eigenvalue weighted by Gasteiger charge is -2.16. The van der Waals surface area contributed by atoms with Crippen LogP contribution in [0.1, 0.15) is 5.56 Å². The van der Waals surface area contributed by atoms with Crippen molar-refractivity contribution in [2.45, 2.75) is 0 Å². The molecule has 5 aromatic carbocycles. The van der Waals surface area contributed by atoms with Gasteiger partial charge in [-0.1, -0.05) is 97.1 Å². The van der Waals surface area contributed by atoms with Crippen LogP contribution in [0.15, 0.2) is 146 Å². The summed E-state index contributed by atoms with van der Waals surface area (Å²) in [5.41, 5.74) is 8.08.